The van der Waals surface area contributed by atoms with Crippen molar-refractivity contribution in [2.75, 3.05) is 20.3 Å². The molecule has 2 aliphatic rings. The first-order chi connectivity index (χ1) is 21.0. The average molecular weight is 671 g/mol. The van der Waals surface area contributed by atoms with Crippen LogP contribution in [0.4, 0.5) is 8.78 Å². The number of rotatable bonds is 11. The number of amides is 2. The molecule has 0 saturated heterocycles. The van der Waals surface area contributed by atoms with Gasteiger partial charge in [-0.3, -0.25) is 14.3 Å². The molecule has 0 aliphatic heterocycles. The second-order valence-corrected chi connectivity index (χ2v) is 11.9. The van der Waals surface area contributed by atoms with Gasteiger partial charge in [0.05, 0.1) is 42.0 Å². The molecule has 13 heteroatoms. The van der Waals surface area contributed by atoms with Crippen LogP contribution in [-0.2, 0) is 5.60 Å². The second kappa shape index (κ2) is 11.4. The monoisotopic (exact) mass is 669 g/mol. The van der Waals surface area contributed by atoms with Crippen molar-refractivity contribution in [3.05, 3.63) is 69.5 Å². The molecule has 0 bridgehead atoms. The standard InChI is InChI=1S/C31H30BrF2N5O5/c1-3-44-28-20(29(35)40)12-23(37-27(28)19-8-9-21(33)24(32)25(19)34)31(42,17-4-5-17)14-36-30(41)15-10-16-13-39(18-6-7-18)38-26(16)22(11-15)43-2/h8-13,17-18,42H,3-7,14H2,1-2H3,(H2,35,40)(H,36,41)/t31-/m1/s1. The smallest absolute Gasteiger partial charge is 0.252 e. The average Bonchev–Trinajstić information content (AvgIpc) is 3.95. The normalized spacial score (nSPS) is 16.0. The van der Waals surface area contributed by atoms with E-state index in [9.17, 15) is 19.1 Å². The fourth-order valence-corrected chi connectivity index (χ4v) is 5.72. The molecule has 10 nitrogen and oxygen atoms in total. The first-order valence-corrected chi connectivity index (χ1v) is 15.0. The van der Waals surface area contributed by atoms with Gasteiger partial charge in [0.2, 0.25) is 0 Å². The predicted octanol–water partition coefficient (Wildman–Crippen LogP) is 5.01. The molecule has 6 rings (SSSR count). The van der Waals surface area contributed by atoms with Crippen LogP contribution in [-0.4, -0.2) is 51.9 Å². The van der Waals surface area contributed by atoms with Crippen molar-refractivity contribution < 1.29 is 33.0 Å². The number of ether oxygens (including phenoxy) is 2. The maximum atomic E-state index is 15.3. The number of nitrogens with one attached hydrogen (secondary N) is 1. The Morgan fingerprint density at radius 3 is 2.59 bits per heavy atom. The third kappa shape index (κ3) is 5.38. The van der Waals surface area contributed by atoms with Gasteiger partial charge in [-0.1, -0.05) is 0 Å². The van der Waals surface area contributed by atoms with E-state index >= 15 is 4.39 Å². The summed E-state index contributed by atoms with van der Waals surface area (Å²) in [6, 6.07) is 7.16. The number of nitrogens with zero attached hydrogens (tertiary/aromatic N) is 3. The lowest BCUT2D eigenvalue weighted by atomic mass is 9.90. The molecule has 2 aromatic carbocycles. The van der Waals surface area contributed by atoms with Crippen LogP contribution < -0.4 is 20.5 Å². The summed E-state index contributed by atoms with van der Waals surface area (Å²) in [5, 5.41) is 20.2. The highest BCUT2D eigenvalue weighted by atomic mass is 79.9. The SMILES string of the molecule is CCOc1c(C(N)=O)cc([C@@](O)(CNC(=O)c2cc(OC)c3nn(C4CC4)cc3c2)C2CC2)nc1-c1ccc(F)c(Br)c1F. The van der Waals surface area contributed by atoms with Crippen molar-refractivity contribution in [2.45, 2.75) is 44.2 Å². The minimum Gasteiger partial charge on any atom is -0.494 e. The van der Waals surface area contributed by atoms with Crippen molar-refractivity contribution in [3.63, 3.8) is 0 Å². The molecule has 2 aromatic heterocycles. The van der Waals surface area contributed by atoms with E-state index in [1.165, 1.54) is 19.2 Å². The Morgan fingerprint density at radius 1 is 1.20 bits per heavy atom. The van der Waals surface area contributed by atoms with Crippen molar-refractivity contribution >= 4 is 38.6 Å². The summed E-state index contributed by atoms with van der Waals surface area (Å²) in [5.74, 6) is -3.14. The first kappa shape index (κ1) is 29.9. The zero-order valence-electron chi connectivity index (χ0n) is 24.0. The highest BCUT2D eigenvalue weighted by Gasteiger charge is 2.47. The van der Waals surface area contributed by atoms with Gasteiger partial charge in [0, 0.05) is 22.7 Å². The quantitative estimate of drug-likeness (QED) is 0.191. The van der Waals surface area contributed by atoms with Crippen molar-refractivity contribution in [2.24, 2.45) is 11.7 Å². The molecule has 2 saturated carbocycles. The molecule has 2 heterocycles. The van der Waals surface area contributed by atoms with Crippen LogP contribution in [0.25, 0.3) is 22.2 Å². The van der Waals surface area contributed by atoms with Gasteiger partial charge in [-0.25, -0.2) is 13.8 Å². The predicted molar refractivity (Wildman–Crippen MR) is 160 cm³/mol. The van der Waals surface area contributed by atoms with Gasteiger partial charge in [0.15, 0.2) is 5.75 Å². The minimum absolute atomic E-state index is 0.00820. The number of aromatic nitrogens is 3. The van der Waals surface area contributed by atoms with Gasteiger partial charge in [-0.05, 0) is 84.8 Å². The number of fused-ring (bicyclic) bond motifs is 1. The van der Waals surface area contributed by atoms with Crippen LogP contribution in [0.5, 0.6) is 11.5 Å². The Balaban J connectivity index is 1.38. The number of methoxy groups -OCH3 is 1. The van der Waals surface area contributed by atoms with E-state index in [0.29, 0.717) is 35.7 Å². The van der Waals surface area contributed by atoms with Gasteiger partial charge in [0.25, 0.3) is 11.8 Å². The first-order valence-electron chi connectivity index (χ1n) is 14.2. The highest BCUT2D eigenvalue weighted by Crippen LogP contribution is 2.47. The molecule has 0 radical (unpaired) electrons. The summed E-state index contributed by atoms with van der Waals surface area (Å²) in [6.45, 7) is 1.49. The molecular weight excluding hydrogens is 640 g/mol. The van der Waals surface area contributed by atoms with E-state index in [1.54, 1.807) is 19.1 Å². The van der Waals surface area contributed by atoms with Gasteiger partial charge in [0.1, 0.15) is 34.2 Å². The molecule has 1 atom stereocenters. The number of primary amides is 1. The van der Waals surface area contributed by atoms with Crippen molar-refractivity contribution in [1.82, 2.24) is 20.1 Å². The summed E-state index contributed by atoms with van der Waals surface area (Å²) in [4.78, 5) is 30.6. The molecule has 44 heavy (non-hydrogen) atoms. The third-order valence-electron chi connectivity index (χ3n) is 8.03. The zero-order chi connectivity index (χ0) is 31.3. The summed E-state index contributed by atoms with van der Waals surface area (Å²) >= 11 is 2.91. The summed E-state index contributed by atoms with van der Waals surface area (Å²) < 4.78 is 42.1. The zero-order valence-corrected chi connectivity index (χ0v) is 25.6. The molecule has 0 spiro atoms. The van der Waals surface area contributed by atoms with Crippen LogP contribution in [0.2, 0.25) is 0 Å². The maximum absolute atomic E-state index is 15.3. The van der Waals surface area contributed by atoms with Gasteiger partial charge < -0.3 is 25.6 Å². The lowest BCUT2D eigenvalue weighted by molar-refractivity contribution is 0.00946. The largest absolute Gasteiger partial charge is 0.494 e. The van der Waals surface area contributed by atoms with Crippen LogP contribution in [0.15, 0.2) is 41.0 Å². The Bertz CT molecular complexity index is 1810. The Morgan fingerprint density at radius 2 is 1.95 bits per heavy atom. The summed E-state index contributed by atoms with van der Waals surface area (Å²) in [7, 11) is 1.51. The molecule has 4 aromatic rings. The fraction of sp³-hybridized carbons (Fsp3) is 0.355. The molecule has 2 aliphatic carbocycles. The van der Waals surface area contributed by atoms with E-state index < -0.39 is 33.5 Å². The molecule has 230 valence electrons. The molecule has 4 N–H and O–H groups in total. The number of carbonyl (C=O) groups is 2. The van der Waals surface area contributed by atoms with Crippen molar-refractivity contribution in [1.29, 1.82) is 0 Å². The molecular formula is C31H30BrF2N5O5. The highest BCUT2D eigenvalue weighted by molar-refractivity contribution is 9.10. The van der Waals surface area contributed by atoms with E-state index in [0.717, 1.165) is 24.3 Å². The number of aliphatic hydroxyl groups is 1. The lowest BCUT2D eigenvalue weighted by Crippen LogP contribution is -2.43. The number of halogens is 3. The number of carbonyl (C=O) groups excluding carboxylic acids is 2. The molecule has 0 unspecified atom stereocenters. The second-order valence-electron chi connectivity index (χ2n) is 11.1. The van der Waals surface area contributed by atoms with Gasteiger partial charge in [-0.15, -0.1) is 0 Å². The van der Waals surface area contributed by atoms with Crippen LogP contribution in [0.1, 0.15) is 65.1 Å². The maximum Gasteiger partial charge on any atom is 0.252 e. The van der Waals surface area contributed by atoms with E-state index in [1.807, 2.05) is 10.9 Å². The Labute approximate surface area is 259 Å². The van der Waals surface area contributed by atoms with Crippen LogP contribution >= 0.6 is 15.9 Å². The number of pyridine rings is 1. The fourth-order valence-electron chi connectivity index (χ4n) is 5.38. The van der Waals surface area contributed by atoms with Crippen LogP contribution in [0.3, 0.4) is 0 Å². The van der Waals surface area contributed by atoms with E-state index in [-0.39, 0.29) is 47.3 Å². The van der Waals surface area contributed by atoms with Gasteiger partial charge in [-0.2, -0.15) is 5.10 Å². The molecule has 2 amide bonds. The number of hydrogen-bond acceptors (Lipinski definition) is 7. The lowest BCUT2D eigenvalue weighted by Gasteiger charge is -2.29. The summed E-state index contributed by atoms with van der Waals surface area (Å²) in [5.41, 5.74) is 4.46. The minimum atomic E-state index is -1.75. The van der Waals surface area contributed by atoms with E-state index in [4.69, 9.17) is 15.2 Å². The number of benzene rings is 2. The third-order valence-corrected chi connectivity index (χ3v) is 8.75. The molecule has 2 fully saturated rings. The number of nitrogens with two attached hydrogens (primary N) is 1. The van der Waals surface area contributed by atoms with Crippen molar-refractivity contribution in [3.8, 4) is 22.8 Å². The van der Waals surface area contributed by atoms with E-state index in [2.05, 4.69) is 31.3 Å². The topological polar surface area (TPSA) is 142 Å². The number of hydrogen-bond donors (Lipinski definition) is 3. The Kier molecular flexibility index (Phi) is 7.78. The van der Waals surface area contributed by atoms with Crippen LogP contribution in [0, 0.1) is 17.6 Å². The van der Waals surface area contributed by atoms with Gasteiger partial charge >= 0.3 is 0 Å². The summed E-state index contributed by atoms with van der Waals surface area (Å²) in [6.07, 6.45) is 5.23. The Hall–Kier alpha value is -4.10.